The number of benzene rings is 1. The van der Waals surface area contributed by atoms with Crippen LogP contribution in [-0.2, 0) is 4.79 Å². The molecule has 0 saturated carbocycles. The Morgan fingerprint density at radius 1 is 1.21 bits per heavy atom. The van der Waals surface area contributed by atoms with Crippen LogP contribution in [-0.4, -0.2) is 23.7 Å². The Balaban J connectivity index is 2.38. The lowest BCUT2D eigenvalue weighted by molar-refractivity contribution is -0.131. The summed E-state index contributed by atoms with van der Waals surface area (Å²) in [6.07, 6.45) is 0. The number of carbonyl (C=O) groups is 2. The van der Waals surface area contributed by atoms with Crippen molar-refractivity contribution in [2.45, 2.75) is 0 Å². The zero-order valence-electron chi connectivity index (χ0n) is 7.02. The zero-order chi connectivity index (χ0) is 10.1. The largest absolute Gasteiger partial charge is 0.475 e. The number of fused-ring (bicyclic) bond motifs is 1. The first kappa shape index (κ1) is 8.55. The van der Waals surface area contributed by atoms with Gasteiger partial charge in [0, 0.05) is 5.56 Å². The average Bonchev–Trinajstić information content (AvgIpc) is 2.62. The lowest BCUT2D eigenvalue weighted by atomic mass is 10.1. The van der Waals surface area contributed by atoms with E-state index in [0.717, 1.165) is 0 Å². The maximum Gasteiger partial charge on any atom is 0.377 e. The first-order valence-electron chi connectivity index (χ1n) is 3.86. The molecule has 1 heterocycles. The van der Waals surface area contributed by atoms with Gasteiger partial charge in [0.15, 0.2) is 11.5 Å². The van der Waals surface area contributed by atoms with E-state index in [1.54, 1.807) is 0 Å². The number of carboxylic acids is 1. The summed E-state index contributed by atoms with van der Waals surface area (Å²) in [4.78, 5) is 21.4. The van der Waals surface area contributed by atoms with E-state index >= 15 is 0 Å². The molecule has 0 spiro atoms. The van der Waals surface area contributed by atoms with E-state index in [2.05, 4.69) is 0 Å². The van der Waals surface area contributed by atoms with E-state index in [-0.39, 0.29) is 12.4 Å². The van der Waals surface area contributed by atoms with Crippen LogP contribution in [0.4, 0.5) is 0 Å². The first-order chi connectivity index (χ1) is 6.68. The van der Waals surface area contributed by atoms with Gasteiger partial charge in [-0.3, -0.25) is 4.79 Å². The zero-order valence-corrected chi connectivity index (χ0v) is 7.02. The third-order valence-corrected chi connectivity index (χ3v) is 1.83. The van der Waals surface area contributed by atoms with E-state index in [1.165, 1.54) is 18.2 Å². The van der Waals surface area contributed by atoms with Crippen LogP contribution in [0.3, 0.4) is 0 Å². The van der Waals surface area contributed by atoms with Gasteiger partial charge in [0.05, 0.1) is 0 Å². The minimum Gasteiger partial charge on any atom is -0.475 e. The molecule has 0 aliphatic carbocycles. The van der Waals surface area contributed by atoms with Crippen LogP contribution in [0.15, 0.2) is 18.2 Å². The van der Waals surface area contributed by atoms with Crippen molar-refractivity contribution in [3.8, 4) is 11.5 Å². The Labute approximate surface area is 78.9 Å². The fraction of sp³-hybridized carbons (Fsp3) is 0.111. The Kier molecular flexibility index (Phi) is 1.85. The molecule has 1 aromatic carbocycles. The van der Waals surface area contributed by atoms with Gasteiger partial charge in [-0.15, -0.1) is 0 Å². The SMILES string of the molecule is O=C(O)C(=O)c1ccc2c(c1)OCO2. The molecule has 0 fully saturated rings. The number of carbonyl (C=O) groups excluding carboxylic acids is 1. The molecule has 0 aromatic heterocycles. The number of hydrogen-bond donors (Lipinski definition) is 1. The van der Waals surface area contributed by atoms with Gasteiger partial charge in [0.2, 0.25) is 6.79 Å². The number of ether oxygens (including phenoxy) is 2. The molecular weight excluding hydrogens is 188 g/mol. The minimum atomic E-state index is -1.48. The number of ketones is 1. The topological polar surface area (TPSA) is 72.8 Å². The quantitative estimate of drug-likeness (QED) is 0.553. The van der Waals surface area contributed by atoms with Crippen molar-refractivity contribution in [1.82, 2.24) is 0 Å². The van der Waals surface area contributed by atoms with Gasteiger partial charge in [-0.1, -0.05) is 0 Å². The monoisotopic (exact) mass is 194 g/mol. The van der Waals surface area contributed by atoms with Crippen LogP contribution in [0.5, 0.6) is 11.5 Å². The lowest BCUT2D eigenvalue weighted by Crippen LogP contribution is -2.12. The molecule has 0 atom stereocenters. The molecule has 0 saturated heterocycles. The minimum absolute atomic E-state index is 0.0850. The lowest BCUT2D eigenvalue weighted by Gasteiger charge is -1.98. The summed E-state index contributed by atoms with van der Waals surface area (Å²) >= 11 is 0. The molecule has 2 rings (SSSR count). The highest BCUT2D eigenvalue weighted by Gasteiger charge is 2.19. The third-order valence-electron chi connectivity index (χ3n) is 1.83. The first-order valence-corrected chi connectivity index (χ1v) is 3.86. The second-order valence-corrected chi connectivity index (χ2v) is 2.70. The van der Waals surface area contributed by atoms with Crippen molar-refractivity contribution in [3.05, 3.63) is 23.8 Å². The van der Waals surface area contributed by atoms with Crippen molar-refractivity contribution in [3.63, 3.8) is 0 Å². The van der Waals surface area contributed by atoms with Crippen molar-refractivity contribution >= 4 is 11.8 Å². The summed E-state index contributed by atoms with van der Waals surface area (Å²) < 4.78 is 10.0. The van der Waals surface area contributed by atoms with Crippen LogP contribution in [0, 0.1) is 0 Å². The van der Waals surface area contributed by atoms with Gasteiger partial charge < -0.3 is 14.6 Å². The summed E-state index contributed by atoms with van der Waals surface area (Å²) in [7, 11) is 0. The second kappa shape index (κ2) is 3.02. The van der Waals surface area contributed by atoms with Gasteiger partial charge in [0.25, 0.3) is 5.78 Å². The number of Topliss-reactive ketones (excluding diaryl/α,β-unsaturated/α-hetero) is 1. The summed E-state index contributed by atoms with van der Waals surface area (Å²) in [6.45, 7) is 0.0973. The molecule has 1 aliphatic heterocycles. The molecule has 5 heteroatoms. The standard InChI is InChI=1S/C9H6O5/c10-8(9(11)12)5-1-2-6-7(3-5)14-4-13-6/h1-3H,4H2,(H,11,12). The van der Waals surface area contributed by atoms with Crippen LogP contribution >= 0.6 is 0 Å². The van der Waals surface area contributed by atoms with E-state index in [4.69, 9.17) is 14.6 Å². The summed E-state index contributed by atoms with van der Waals surface area (Å²) in [5.74, 6) is -1.52. The highest BCUT2D eigenvalue weighted by Crippen LogP contribution is 2.32. The van der Waals surface area contributed by atoms with Gasteiger partial charge in [-0.2, -0.15) is 0 Å². The molecule has 0 unspecified atom stereocenters. The second-order valence-electron chi connectivity index (χ2n) is 2.70. The van der Waals surface area contributed by atoms with Crippen LogP contribution in [0.2, 0.25) is 0 Å². The van der Waals surface area contributed by atoms with Gasteiger partial charge in [-0.05, 0) is 18.2 Å². The van der Waals surface area contributed by atoms with Crippen LogP contribution in [0.1, 0.15) is 10.4 Å². The molecule has 1 aromatic rings. The summed E-state index contributed by atoms with van der Waals surface area (Å²) in [6, 6.07) is 4.27. The molecule has 5 nitrogen and oxygen atoms in total. The van der Waals surface area contributed by atoms with Gasteiger partial charge >= 0.3 is 5.97 Å². The molecule has 1 aliphatic rings. The van der Waals surface area contributed by atoms with E-state index < -0.39 is 11.8 Å². The fourth-order valence-electron chi connectivity index (χ4n) is 1.16. The maximum atomic E-state index is 11.0. The third kappa shape index (κ3) is 1.28. The smallest absolute Gasteiger partial charge is 0.377 e. The number of hydrogen-bond acceptors (Lipinski definition) is 4. The molecule has 1 N–H and O–H groups in total. The molecule has 0 bridgehead atoms. The molecular formula is C9H6O5. The number of rotatable bonds is 2. The Hall–Kier alpha value is -2.04. The average molecular weight is 194 g/mol. The van der Waals surface area contributed by atoms with Crippen molar-refractivity contribution < 1.29 is 24.2 Å². The van der Waals surface area contributed by atoms with Crippen molar-refractivity contribution in [2.24, 2.45) is 0 Å². The van der Waals surface area contributed by atoms with Crippen molar-refractivity contribution in [2.75, 3.05) is 6.79 Å². The van der Waals surface area contributed by atoms with Gasteiger partial charge in [0.1, 0.15) is 0 Å². The van der Waals surface area contributed by atoms with Crippen LogP contribution in [0.25, 0.3) is 0 Å². The number of carboxylic acid groups (broad SMARTS) is 1. The Bertz CT molecular complexity index is 410. The van der Waals surface area contributed by atoms with E-state index in [9.17, 15) is 9.59 Å². The molecule has 0 radical (unpaired) electrons. The highest BCUT2D eigenvalue weighted by atomic mass is 16.7. The molecule has 0 amide bonds. The predicted octanol–water partition coefficient (Wildman–Crippen LogP) is 0.683. The predicted molar refractivity (Wildman–Crippen MR) is 44.5 cm³/mol. The summed E-state index contributed by atoms with van der Waals surface area (Å²) in [5.41, 5.74) is 0.0850. The highest BCUT2D eigenvalue weighted by molar-refractivity contribution is 6.39. The summed E-state index contributed by atoms with van der Waals surface area (Å²) in [5, 5.41) is 8.46. The van der Waals surface area contributed by atoms with E-state index in [0.29, 0.717) is 11.5 Å². The molecule has 72 valence electrons. The van der Waals surface area contributed by atoms with Crippen molar-refractivity contribution in [1.29, 1.82) is 0 Å². The van der Waals surface area contributed by atoms with Gasteiger partial charge in [-0.25, -0.2) is 4.79 Å². The Morgan fingerprint density at radius 3 is 2.64 bits per heavy atom. The Morgan fingerprint density at radius 2 is 1.93 bits per heavy atom. The van der Waals surface area contributed by atoms with Crippen LogP contribution < -0.4 is 9.47 Å². The maximum absolute atomic E-state index is 11.0. The fourth-order valence-corrected chi connectivity index (χ4v) is 1.16. The number of aliphatic carboxylic acids is 1. The molecule has 14 heavy (non-hydrogen) atoms. The normalized spacial score (nSPS) is 12.6. The van der Waals surface area contributed by atoms with E-state index in [1.807, 2.05) is 0 Å².